The van der Waals surface area contributed by atoms with Gasteiger partial charge in [0.1, 0.15) is 11.3 Å². The van der Waals surface area contributed by atoms with Crippen LogP contribution in [0.1, 0.15) is 37.0 Å². The Morgan fingerprint density at radius 3 is 3.05 bits per heavy atom. The Bertz CT molecular complexity index is 800. The Hall–Kier alpha value is -2.41. The van der Waals surface area contributed by atoms with E-state index in [-0.39, 0.29) is 11.7 Å². The van der Waals surface area contributed by atoms with E-state index in [1.165, 1.54) is 0 Å². The van der Waals surface area contributed by atoms with Crippen molar-refractivity contribution < 1.29 is 4.42 Å². The lowest BCUT2D eigenvalue weighted by Crippen LogP contribution is -2.33. The molecule has 7 nitrogen and oxygen atoms in total. The molecule has 2 aromatic heterocycles. The van der Waals surface area contributed by atoms with E-state index in [0.717, 1.165) is 42.8 Å². The molecule has 1 aromatic carbocycles. The molecule has 1 aliphatic heterocycles. The summed E-state index contributed by atoms with van der Waals surface area (Å²) in [6.07, 6.45) is 3.28. The molecule has 3 heterocycles. The molecular formula is C15H17N5O2. The molecule has 114 valence electrons. The van der Waals surface area contributed by atoms with Gasteiger partial charge < -0.3 is 4.42 Å². The van der Waals surface area contributed by atoms with E-state index in [9.17, 15) is 4.79 Å². The number of rotatable bonds is 3. The predicted molar refractivity (Wildman–Crippen MR) is 80.2 cm³/mol. The normalized spacial score (nSPS) is 19.7. The Labute approximate surface area is 126 Å². The molecule has 1 atom stereocenters. The van der Waals surface area contributed by atoms with Crippen LogP contribution in [-0.2, 0) is 6.54 Å². The third-order valence-corrected chi connectivity index (χ3v) is 4.11. The first kappa shape index (κ1) is 13.3. The monoisotopic (exact) mass is 299 g/mol. The van der Waals surface area contributed by atoms with E-state index in [4.69, 9.17) is 4.42 Å². The number of H-pyrrole nitrogens is 2. The van der Waals surface area contributed by atoms with Gasteiger partial charge in [0.15, 0.2) is 5.58 Å². The molecule has 0 radical (unpaired) electrons. The van der Waals surface area contributed by atoms with E-state index in [1.54, 1.807) is 0 Å². The molecule has 0 bridgehead atoms. The fourth-order valence-electron chi connectivity index (χ4n) is 3.06. The molecule has 4 rings (SSSR count). The highest BCUT2D eigenvalue weighted by Crippen LogP contribution is 2.32. The summed E-state index contributed by atoms with van der Waals surface area (Å²) in [4.78, 5) is 20.8. The van der Waals surface area contributed by atoms with Crippen LogP contribution in [-0.4, -0.2) is 31.6 Å². The van der Waals surface area contributed by atoms with Crippen LogP contribution in [0.15, 0.2) is 33.5 Å². The lowest BCUT2D eigenvalue weighted by Gasteiger charge is -2.32. The smallest absolute Gasteiger partial charge is 0.340 e. The average molecular weight is 299 g/mol. The van der Waals surface area contributed by atoms with Crippen LogP contribution in [0.4, 0.5) is 0 Å². The second kappa shape index (κ2) is 5.42. The highest BCUT2D eigenvalue weighted by atomic mass is 16.3. The van der Waals surface area contributed by atoms with Crippen molar-refractivity contribution in [2.75, 3.05) is 6.54 Å². The topological polar surface area (TPSA) is 90.8 Å². The molecule has 0 saturated carbocycles. The van der Waals surface area contributed by atoms with Crippen LogP contribution < -0.4 is 5.69 Å². The standard InChI is InChI=1S/C15H17N5O2/c21-15-17-13(18-19-15)9-20-8-4-3-6-11(20)14-16-10-5-1-2-7-12(10)22-14/h1-2,5,7,11H,3-4,6,8-9H2,(H2,17,18,19,21). The summed E-state index contributed by atoms with van der Waals surface area (Å²) in [5.41, 5.74) is 1.43. The van der Waals surface area contributed by atoms with Gasteiger partial charge in [-0.3, -0.25) is 9.88 Å². The van der Waals surface area contributed by atoms with Crippen molar-refractivity contribution >= 4 is 11.1 Å². The van der Waals surface area contributed by atoms with Gasteiger partial charge in [0, 0.05) is 0 Å². The Morgan fingerprint density at radius 1 is 1.32 bits per heavy atom. The second-order valence-corrected chi connectivity index (χ2v) is 5.63. The third kappa shape index (κ3) is 2.43. The van der Waals surface area contributed by atoms with Gasteiger partial charge >= 0.3 is 5.69 Å². The van der Waals surface area contributed by atoms with Gasteiger partial charge in [0.2, 0.25) is 5.89 Å². The number of para-hydroxylation sites is 2. The Balaban J connectivity index is 1.63. The quantitative estimate of drug-likeness (QED) is 0.771. The molecule has 7 heteroatoms. The lowest BCUT2D eigenvalue weighted by molar-refractivity contribution is 0.116. The third-order valence-electron chi connectivity index (χ3n) is 4.11. The molecule has 0 aliphatic carbocycles. The fraction of sp³-hybridized carbons (Fsp3) is 0.400. The van der Waals surface area contributed by atoms with Crippen LogP contribution in [0.3, 0.4) is 0 Å². The van der Waals surface area contributed by atoms with E-state index in [1.807, 2.05) is 24.3 Å². The summed E-state index contributed by atoms with van der Waals surface area (Å²) in [7, 11) is 0. The van der Waals surface area contributed by atoms with Crippen LogP contribution in [0, 0.1) is 0 Å². The number of benzene rings is 1. The van der Waals surface area contributed by atoms with Crippen molar-refractivity contribution in [2.24, 2.45) is 0 Å². The first-order chi connectivity index (χ1) is 10.8. The molecular weight excluding hydrogens is 282 g/mol. The number of aromatic nitrogens is 4. The summed E-state index contributed by atoms with van der Waals surface area (Å²) in [5, 5.41) is 6.40. The summed E-state index contributed by atoms with van der Waals surface area (Å²) in [5.74, 6) is 1.40. The van der Waals surface area contributed by atoms with Crippen LogP contribution in [0.5, 0.6) is 0 Å². The first-order valence-electron chi connectivity index (χ1n) is 7.53. The maximum Gasteiger partial charge on any atom is 0.340 e. The SMILES string of the molecule is O=c1[nH]nc(CN2CCCCC2c2nc3ccccc3o2)[nH]1. The number of fused-ring (bicyclic) bond motifs is 1. The summed E-state index contributed by atoms with van der Waals surface area (Å²) in [6.45, 7) is 1.53. The maximum absolute atomic E-state index is 11.2. The van der Waals surface area contributed by atoms with E-state index >= 15 is 0 Å². The Morgan fingerprint density at radius 2 is 2.23 bits per heavy atom. The highest BCUT2D eigenvalue weighted by Gasteiger charge is 2.28. The molecule has 0 amide bonds. The van der Waals surface area contributed by atoms with Gasteiger partial charge in [-0.25, -0.2) is 14.9 Å². The van der Waals surface area contributed by atoms with Crippen molar-refractivity contribution in [1.82, 2.24) is 25.1 Å². The van der Waals surface area contributed by atoms with Gasteiger partial charge in [-0.1, -0.05) is 18.6 Å². The number of oxazole rings is 1. The van der Waals surface area contributed by atoms with Crippen molar-refractivity contribution in [1.29, 1.82) is 0 Å². The second-order valence-electron chi connectivity index (χ2n) is 5.63. The highest BCUT2D eigenvalue weighted by molar-refractivity contribution is 5.72. The fourth-order valence-corrected chi connectivity index (χ4v) is 3.06. The number of aromatic amines is 2. The van der Waals surface area contributed by atoms with Crippen molar-refractivity contribution in [3.63, 3.8) is 0 Å². The minimum absolute atomic E-state index is 0.126. The van der Waals surface area contributed by atoms with Crippen LogP contribution in [0.2, 0.25) is 0 Å². The van der Waals surface area contributed by atoms with E-state index < -0.39 is 0 Å². The zero-order valence-corrected chi connectivity index (χ0v) is 12.1. The molecule has 1 fully saturated rings. The first-order valence-corrected chi connectivity index (χ1v) is 7.53. The molecule has 1 saturated heterocycles. The maximum atomic E-state index is 11.2. The van der Waals surface area contributed by atoms with Crippen molar-refractivity contribution in [2.45, 2.75) is 31.8 Å². The van der Waals surface area contributed by atoms with Gasteiger partial charge in [0.05, 0.1) is 12.6 Å². The molecule has 0 spiro atoms. The summed E-state index contributed by atoms with van der Waals surface area (Å²) < 4.78 is 5.93. The average Bonchev–Trinajstić information content (AvgIpc) is 3.14. The van der Waals surface area contributed by atoms with Crippen molar-refractivity contribution in [3.8, 4) is 0 Å². The number of hydrogen-bond acceptors (Lipinski definition) is 5. The minimum atomic E-state index is -0.273. The minimum Gasteiger partial charge on any atom is -0.439 e. The number of likely N-dealkylation sites (tertiary alicyclic amines) is 1. The number of piperidine rings is 1. The van der Waals surface area contributed by atoms with E-state index in [2.05, 4.69) is 25.1 Å². The van der Waals surface area contributed by atoms with Gasteiger partial charge in [-0.2, -0.15) is 5.10 Å². The number of hydrogen-bond donors (Lipinski definition) is 2. The molecule has 3 aromatic rings. The summed E-state index contributed by atoms with van der Waals surface area (Å²) in [6, 6.07) is 7.93. The molecule has 22 heavy (non-hydrogen) atoms. The lowest BCUT2D eigenvalue weighted by atomic mass is 10.0. The van der Waals surface area contributed by atoms with Crippen LogP contribution >= 0.6 is 0 Å². The Kier molecular flexibility index (Phi) is 3.27. The molecule has 1 unspecified atom stereocenters. The van der Waals surface area contributed by atoms with Crippen LogP contribution in [0.25, 0.3) is 11.1 Å². The molecule has 2 N–H and O–H groups in total. The predicted octanol–water partition coefficient (Wildman–Crippen LogP) is 1.97. The van der Waals surface area contributed by atoms with E-state index in [0.29, 0.717) is 12.4 Å². The van der Waals surface area contributed by atoms with Crippen molar-refractivity contribution in [3.05, 3.63) is 46.5 Å². The number of nitrogens with one attached hydrogen (secondary N) is 2. The zero-order chi connectivity index (χ0) is 14.9. The molecule has 1 aliphatic rings. The summed E-state index contributed by atoms with van der Waals surface area (Å²) >= 11 is 0. The van der Waals surface area contributed by atoms with Gasteiger partial charge in [0.25, 0.3) is 0 Å². The van der Waals surface area contributed by atoms with Gasteiger partial charge in [-0.15, -0.1) is 0 Å². The zero-order valence-electron chi connectivity index (χ0n) is 12.1. The van der Waals surface area contributed by atoms with Gasteiger partial charge in [-0.05, 0) is 31.5 Å². The largest absolute Gasteiger partial charge is 0.439 e. The number of nitrogens with zero attached hydrogens (tertiary/aromatic N) is 3.